The maximum atomic E-state index is 13.1. The minimum Gasteiger partial charge on any atom is -0.489 e. The highest BCUT2D eigenvalue weighted by Gasteiger charge is 2.32. The van der Waals surface area contributed by atoms with E-state index in [4.69, 9.17) is 4.74 Å². The molecule has 0 saturated heterocycles. The summed E-state index contributed by atoms with van der Waals surface area (Å²) in [4.78, 5) is 25.6. The molecule has 6 nitrogen and oxygen atoms in total. The lowest BCUT2D eigenvalue weighted by molar-refractivity contribution is -0.113. The van der Waals surface area contributed by atoms with Gasteiger partial charge in [-0.25, -0.2) is 0 Å². The second kappa shape index (κ2) is 9.91. The molecule has 3 aromatic rings. The van der Waals surface area contributed by atoms with E-state index in [0.717, 1.165) is 42.6 Å². The number of rotatable bonds is 5. The van der Waals surface area contributed by atoms with Crippen molar-refractivity contribution in [3.05, 3.63) is 81.6 Å². The summed E-state index contributed by atoms with van der Waals surface area (Å²) in [7, 11) is 0. The van der Waals surface area contributed by atoms with Crippen LogP contribution < -0.4 is 15.6 Å². The molecule has 1 fully saturated rings. The highest BCUT2D eigenvalue weighted by Crippen LogP contribution is 2.41. The van der Waals surface area contributed by atoms with Gasteiger partial charge in [-0.15, -0.1) is 11.8 Å². The molecule has 0 bridgehead atoms. The van der Waals surface area contributed by atoms with Crippen molar-refractivity contribution >= 4 is 23.5 Å². The summed E-state index contributed by atoms with van der Waals surface area (Å²) < 4.78 is 7.86. The Morgan fingerprint density at radius 1 is 0.939 bits per heavy atom. The van der Waals surface area contributed by atoms with E-state index in [0.29, 0.717) is 23.7 Å². The minimum absolute atomic E-state index is 0.0621. The molecule has 2 aliphatic rings. The molecule has 1 aliphatic heterocycles. The van der Waals surface area contributed by atoms with Gasteiger partial charge in [-0.1, -0.05) is 68.1 Å². The van der Waals surface area contributed by atoms with Gasteiger partial charge < -0.3 is 10.1 Å². The molecule has 2 aromatic carbocycles. The fourth-order valence-corrected chi connectivity index (χ4v) is 5.90. The van der Waals surface area contributed by atoms with Crippen molar-refractivity contribution < 1.29 is 9.53 Å². The van der Waals surface area contributed by atoms with Crippen LogP contribution in [0, 0.1) is 0 Å². The van der Waals surface area contributed by atoms with Gasteiger partial charge in [-0.3, -0.25) is 19.4 Å². The van der Waals surface area contributed by atoms with Crippen LogP contribution in [0.3, 0.4) is 0 Å². The number of benzene rings is 2. The van der Waals surface area contributed by atoms with E-state index in [9.17, 15) is 9.59 Å². The summed E-state index contributed by atoms with van der Waals surface area (Å²) in [6, 6.07) is 18.2. The van der Waals surface area contributed by atoms with Gasteiger partial charge in [0.05, 0.1) is 22.6 Å². The molecule has 2 N–H and O–H groups in total. The van der Waals surface area contributed by atoms with Gasteiger partial charge in [0.1, 0.15) is 18.2 Å². The maximum Gasteiger partial charge on any atom is 0.270 e. The number of ether oxygens (including phenoxy) is 1. The van der Waals surface area contributed by atoms with Crippen molar-refractivity contribution in [2.24, 2.45) is 0 Å². The SMILES string of the molecule is O=C1CSC(c2ccc(OCc3ccccc3)cc2)c2c(n(C3CCCCCC3)[nH]c2=O)N1. The van der Waals surface area contributed by atoms with Crippen LogP contribution in [0.1, 0.15) is 66.5 Å². The lowest BCUT2D eigenvalue weighted by Crippen LogP contribution is -2.19. The van der Waals surface area contributed by atoms with Crippen LogP contribution in [-0.4, -0.2) is 21.4 Å². The fourth-order valence-electron chi connectivity index (χ4n) is 4.78. The predicted molar refractivity (Wildman–Crippen MR) is 132 cm³/mol. The lowest BCUT2D eigenvalue weighted by atomic mass is 10.1. The molecule has 2 heterocycles. The Balaban J connectivity index is 1.41. The first-order chi connectivity index (χ1) is 16.2. The van der Waals surface area contributed by atoms with Crippen LogP contribution in [0.25, 0.3) is 0 Å². The molecule has 1 atom stereocenters. The summed E-state index contributed by atoms with van der Waals surface area (Å²) >= 11 is 1.50. The van der Waals surface area contributed by atoms with Crippen LogP contribution in [0.4, 0.5) is 5.82 Å². The Bertz CT molecular complexity index is 1150. The number of aromatic nitrogens is 2. The predicted octanol–water partition coefficient (Wildman–Crippen LogP) is 5.43. The highest BCUT2D eigenvalue weighted by molar-refractivity contribution is 8.00. The van der Waals surface area contributed by atoms with Crippen molar-refractivity contribution in [3.8, 4) is 5.75 Å². The Kier molecular flexibility index (Phi) is 6.58. The van der Waals surface area contributed by atoms with Crippen molar-refractivity contribution in [1.29, 1.82) is 0 Å². The summed E-state index contributed by atoms with van der Waals surface area (Å²) in [6.07, 6.45) is 6.81. The standard InChI is InChI=1S/C26H29N3O3S/c30-22-17-33-24(19-12-14-21(15-13-19)32-16-18-8-4-3-5-9-18)23-25(27-22)29(28-26(23)31)20-10-6-1-2-7-11-20/h3-5,8-9,12-15,20,24H,1-2,6-7,10-11,16-17H2,(H,27,30)(H,28,31). The molecule has 1 aromatic heterocycles. The molecule has 0 radical (unpaired) electrons. The number of hydrogen-bond acceptors (Lipinski definition) is 4. The molecule has 1 unspecified atom stereocenters. The summed E-state index contributed by atoms with van der Waals surface area (Å²) in [5.74, 6) is 1.68. The van der Waals surface area contributed by atoms with Gasteiger partial charge in [0.2, 0.25) is 5.91 Å². The molecule has 7 heteroatoms. The topological polar surface area (TPSA) is 76.1 Å². The van der Waals surface area contributed by atoms with Crippen molar-refractivity contribution in [3.63, 3.8) is 0 Å². The van der Waals surface area contributed by atoms with Gasteiger partial charge in [-0.05, 0) is 36.1 Å². The fraction of sp³-hybridized carbons (Fsp3) is 0.385. The third kappa shape index (κ3) is 4.88. The van der Waals surface area contributed by atoms with Crippen molar-refractivity contribution in [1.82, 2.24) is 9.78 Å². The summed E-state index contributed by atoms with van der Waals surface area (Å²) in [6.45, 7) is 0.505. The maximum absolute atomic E-state index is 13.1. The second-order valence-electron chi connectivity index (χ2n) is 8.80. The number of amides is 1. The first-order valence-corrected chi connectivity index (χ1v) is 12.8. The summed E-state index contributed by atoms with van der Waals surface area (Å²) in [5.41, 5.74) is 2.64. The molecule has 1 amide bonds. The number of carbonyl (C=O) groups excluding carboxylic acids is 1. The van der Waals surface area contributed by atoms with E-state index < -0.39 is 0 Å². The van der Waals surface area contributed by atoms with Gasteiger partial charge in [0.25, 0.3) is 5.56 Å². The first kappa shape index (κ1) is 21.9. The molecule has 1 saturated carbocycles. The van der Waals surface area contributed by atoms with Gasteiger partial charge in [-0.2, -0.15) is 0 Å². The Hall–Kier alpha value is -2.93. The van der Waals surface area contributed by atoms with Crippen molar-refractivity contribution in [2.75, 3.05) is 11.1 Å². The Labute approximate surface area is 197 Å². The number of nitrogens with one attached hydrogen (secondary N) is 2. The summed E-state index contributed by atoms with van der Waals surface area (Å²) in [5, 5.41) is 5.87. The Morgan fingerprint density at radius 2 is 1.67 bits per heavy atom. The molecule has 5 rings (SSSR count). The average molecular weight is 464 g/mol. The second-order valence-corrected chi connectivity index (χ2v) is 9.89. The molecule has 1 aliphatic carbocycles. The molecule has 172 valence electrons. The number of H-pyrrole nitrogens is 1. The minimum atomic E-state index is -0.210. The number of aromatic amines is 1. The van der Waals surface area contributed by atoms with Crippen LogP contribution in [0.15, 0.2) is 59.4 Å². The van der Waals surface area contributed by atoms with Gasteiger partial charge in [0, 0.05) is 0 Å². The normalized spacial score (nSPS) is 19.3. The molecule has 33 heavy (non-hydrogen) atoms. The van der Waals surface area contributed by atoms with Gasteiger partial charge >= 0.3 is 0 Å². The lowest BCUT2D eigenvalue weighted by Gasteiger charge is -2.19. The number of carbonyl (C=O) groups is 1. The van der Waals surface area contributed by atoms with Gasteiger partial charge in [0.15, 0.2) is 0 Å². The van der Waals surface area contributed by atoms with E-state index in [1.807, 2.05) is 59.3 Å². The van der Waals surface area contributed by atoms with Crippen LogP contribution >= 0.6 is 11.8 Å². The van der Waals surface area contributed by atoms with E-state index in [2.05, 4.69) is 10.4 Å². The number of fused-ring (bicyclic) bond motifs is 1. The molecule has 0 spiro atoms. The zero-order chi connectivity index (χ0) is 22.6. The first-order valence-electron chi connectivity index (χ1n) is 11.7. The van der Waals surface area contributed by atoms with E-state index in [1.54, 1.807) is 0 Å². The number of nitrogens with zero attached hydrogens (tertiary/aromatic N) is 1. The third-order valence-corrected chi connectivity index (χ3v) is 7.75. The largest absolute Gasteiger partial charge is 0.489 e. The quantitative estimate of drug-likeness (QED) is 0.495. The van der Waals surface area contributed by atoms with E-state index >= 15 is 0 Å². The monoisotopic (exact) mass is 463 g/mol. The zero-order valence-electron chi connectivity index (χ0n) is 18.6. The third-order valence-electron chi connectivity index (χ3n) is 6.48. The van der Waals surface area contributed by atoms with E-state index in [1.165, 1.54) is 24.6 Å². The Morgan fingerprint density at radius 3 is 2.39 bits per heavy atom. The van der Waals surface area contributed by atoms with Crippen LogP contribution in [0.5, 0.6) is 5.75 Å². The van der Waals surface area contributed by atoms with Crippen LogP contribution in [0.2, 0.25) is 0 Å². The van der Waals surface area contributed by atoms with E-state index in [-0.39, 0.29) is 22.8 Å². The van der Waals surface area contributed by atoms with Crippen LogP contribution in [-0.2, 0) is 11.4 Å². The average Bonchev–Trinajstić information content (AvgIpc) is 3.04. The van der Waals surface area contributed by atoms with Crippen molar-refractivity contribution in [2.45, 2.75) is 56.4 Å². The zero-order valence-corrected chi connectivity index (χ0v) is 19.4. The smallest absolute Gasteiger partial charge is 0.270 e. The number of anilines is 1. The highest BCUT2D eigenvalue weighted by atomic mass is 32.2. The molecular formula is C26H29N3O3S. The molecular weight excluding hydrogens is 434 g/mol. The number of hydrogen-bond donors (Lipinski definition) is 2. The number of thioether (sulfide) groups is 1.